The molecule has 2 fully saturated rings. The quantitative estimate of drug-likeness (QED) is 0.842. The number of nitrogens with zero attached hydrogens (tertiary/aromatic N) is 2. The normalized spacial score (nSPS) is 27.4. The van der Waals surface area contributed by atoms with Gasteiger partial charge in [0.05, 0.1) is 0 Å². The number of rotatable bonds is 3. The minimum Gasteiger partial charge on any atom is -0.371 e. The molecule has 0 bridgehead atoms. The molecule has 0 spiro atoms. The van der Waals surface area contributed by atoms with Crippen molar-refractivity contribution in [2.75, 3.05) is 37.6 Å². The molecular formula is C19H28BrN3O. The lowest BCUT2D eigenvalue weighted by atomic mass is 9.92. The van der Waals surface area contributed by atoms with Gasteiger partial charge in [-0.2, -0.15) is 0 Å². The summed E-state index contributed by atoms with van der Waals surface area (Å²) in [6.45, 7) is 9.13. The second kappa shape index (κ2) is 7.77. The third-order valence-corrected chi connectivity index (χ3v) is 5.65. The second-order valence-electron chi connectivity index (χ2n) is 7.62. The number of carbonyl (C=O) groups is 1. The van der Waals surface area contributed by atoms with E-state index in [1.165, 1.54) is 12.1 Å². The number of hydrogen-bond acceptors (Lipinski definition) is 2. The van der Waals surface area contributed by atoms with Gasteiger partial charge in [0.15, 0.2) is 0 Å². The van der Waals surface area contributed by atoms with Crippen LogP contribution in [0.5, 0.6) is 0 Å². The van der Waals surface area contributed by atoms with Crippen LogP contribution < -0.4 is 10.2 Å². The Bertz CT molecular complexity index is 569. The van der Waals surface area contributed by atoms with Crippen molar-refractivity contribution in [3.8, 4) is 0 Å². The Morgan fingerprint density at radius 2 is 2.00 bits per heavy atom. The third-order valence-electron chi connectivity index (χ3n) is 5.16. The van der Waals surface area contributed by atoms with Crippen LogP contribution in [0.1, 0.15) is 26.7 Å². The van der Waals surface area contributed by atoms with Gasteiger partial charge in [-0.1, -0.05) is 35.8 Å². The first kappa shape index (κ1) is 17.6. The van der Waals surface area contributed by atoms with Crippen LogP contribution in [-0.2, 0) is 0 Å². The van der Waals surface area contributed by atoms with Crippen LogP contribution in [0.3, 0.4) is 0 Å². The lowest BCUT2D eigenvalue weighted by molar-refractivity contribution is 0.145. The Hall–Kier alpha value is -1.23. The van der Waals surface area contributed by atoms with Gasteiger partial charge in [0, 0.05) is 42.9 Å². The zero-order valence-electron chi connectivity index (χ0n) is 14.7. The van der Waals surface area contributed by atoms with Gasteiger partial charge < -0.3 is 15.1 Å². The van der Waals surface area contributed by atoms with Gasteiger partial charge in [0.1, 0.15) is 0 Å². The highest BCUT2D eigenvalue weighted by molar-refractivity contribution is 9.10. The van der Waals surface area contributed by atoms with Crippen molar-refractivity contribution in [3.63, 3.8) is 0 Å². The fourth-order valence-corrected chi connectivity index (χ4v) is 4.47. The highest BCUT2D eigenvalue weighted by Gasteiger charge is 2.27. The smallest absolute Gasteiger partial charge is 0.317 e. The van der Waals surface area contributed by atoms with E-state index in [-0.39, 0.29) is 6.03 Å². The zero-order valence-corrected chi connectivity index (χ0v) is 16.3. The van der Waals surface area contributed by atoms with Crippen LogP contribution in [0.4, 0.5) is 10.5 Å². The summed E-state index contributed by atoms with van der Waals surface area (Å²) in [7, 11) is 0. The first-order chi connectivity index (χ1) is 11.5. The number of amides is 2. The van der Waals surface area contributed by atoms with Gasteiger partial charge in [-0.3, -0.25) is 0 Å². The summed E-state index contributed by atoms with van der Waals surface area (Å²) >= 11 is 3.54. The van der Waals surface area contributed by atoms with E-state index in [0.717, 1.165) is 43.6 Å². The molecule has 5 heteroatoms. The maximum atomic E-state index is 12.4. The summed E-state index contributed by atoms with van der Waals surface area (Å²) in [4.78, 5) is 16.8. The van der Waals surface area contributed by atoms with Crippen molar-refractivity contribution in [1.82, 2.24) is 10.2 Å². The summed E-state index contributed by atoms with van der Waals surface area (Å²) in [6.07, 6.45) is 2.37. The van der Waals surface area contributed by atoms with Gasteiger partial charge >= 0.3 is 6.03 Å². The molecule has 3 atom stereocenters. The highest BCUT2D eigenvalue weighted by Crippen LogP contribution is 2.26. The molecule has 0 aromatic heterocycles. The van der Waals surface area contributed by atoms with Crippen molar-refractivity contribution in [2.24, 2.45) is 17.8 Å². The van der Waals surface area contributed by atoms with Crippen LogP contribution in [0.15, 0.2) is 28.7 Å². The maximum Gasteiger partial charge on any atom is 0.317 e. The number of benzene rings is 1. The van der Waals surface area contributed by atoms with E-state index in [0.29, 0.717) is 17.8 Å². The lowest BCUT2D eigenvalue weighted by Gasteiger charge is -2.35. The molecule has 2 aliphatic rings. The zero-order chi connectivity index (χ0) is 17.1. The van der Waals surface area contributed by atoms with E-state index >= 15 is 0 Å². The minimum atomic E-state index is 0.120. The molecule has 132 valence electrons. The highest BCUT2D eigenvalue weighted by atomic mass is 79.9. The van der Waals surface area contributed by atoms with Gasteiger partial charge in [-0.25, -0.2) is 4.79 Å². The number of anilines is 1. The van der Waals surface area contributed by atoms with Crippen molar-refractivity contribution < 1.29 is 4.79 Å². The van der Waals surface area contributed by atoms with Crippen molar-refractivity contribution in [1.29, 1.82) is 0 Å². The number of urea groups is 1. The average Bonchev–Trinajstić information content (AvgIpc) is 3.00. The summed E-state index contributed by atoms with van der Waals surface area (Å²) in [5.41, 5.74) is 1.26. The van der Waals surface area contributed by atoms with Crippen molar-refractivity contribution in [2.45, 2.75) is 26.7 Å². The molecule has 2 saturated heterocycles. The lowest BCUT2D eigenvalue weighted by Crippen LogP contribution is -2.48. The van der Waals surface area contributed by atoms with Crippen LogP contribution >= 0.6 is 15.9 Å². The van der Waals surface area contributed by atoms with Gasteiger partial charge in [-0.15, -0.1) is 0 Å². The van der Waals surface area contributed by atoms with Gasteiger partial charge in [0.2, 0.25) is 0 Å². The molecule has 3 rings (SSSR count). The summed E-state index contributed by atoms with van der Waals surface area (Å²) < 4.78 is 1.12. The number of likely N-dealkylation sites (tertiary alicyclic amines) is 1. The largest absolute Gasteiger partial charge is 0.371 e. The Balaban J connectivity index is 1.47. The number of piperidine rings is 1. The monoisotopic (exact) mass is 393 g/mol. The van der Waals surface area contributed by atoms with Crippen molar-refractivity contribution in [3.05, 3.63) is 28.7 Å². The average molecular weight is 394 g/mol. The van der Waals surface area contributed by atoms with Gasteiger partial charge in [-0.05, 0) is 48.8 Å². The predicted molar refractivity (Wildman–Crippen MR) is 102 cm³/mol. The molecule has 2 heterocycles. The maximum absolute atomic E-state index is 12.4. The summed E-state index contributed by atoms with van der Waals surface area (Å²) in [6, 6.07) is 8.57. The molecule has 3 unspecified atom stereocenters. The van der Waals surface area contributed by atoms with Crippen LogP contribution in [-0.4, -0.2) is 43.7 Å². The van der Waals surface area contributed by atoms with Crippen LogP contribution in [0.2, 0.25) is 0 Å². The fourth-order valence-electron chi connectivity index (χ4n) is 4.08. The Morgan fingerprint density at radius 3 is 2.71 bits per heavy atom. The molecule has 1 aromatic rings. The van der Waals surface area contributed by atoms with Crippen molar-refractivity contribution >= 4 is 27.6 Å². The standard InChI is InChI=1S/C19H28BrN3O/c1-14-8-15(2)12-23(11-14)19(24)21-10-16-6-7-22(13-16)18-5-3-4-17(20)9-18/h3-5,9,14-16H,6-8,10-13H2,1-2H3,(H,21,24). The Kier molecular flexibility index (Phi) is 5.69. The molecule has 24 heavy (non-hydrogen) atoms. The topological polar surface area (TPSA) is 35.6 Å². The molecule has 0 aliphatic carbocycles. The molecular weight excluding hydrogens is 366 g/mol. The van der Waals surface area contributed by atoms with E-state index < -0.39 is 0 Å². The molecule has 0 saturated carbocycles. The first-order valence-corrected chi connectivity index (χ1v) is 9.84. The molecule has 1 N–H and O–H groups in total. The molecule has 4 nitrogen and oxygen atoms in total. The SMILES string of the molecule is CC1CC(C)CN(C(=O)NCC2CCN(c3cccc(Br)c3)C2)C1. The van der Waals surface area contributed by atoms with E-state index in [1.807, 2.05) is 4.90 Å². The van der Waals surface area contributed by atoms with Gasteiger partial charge in [0.25, 0.3) is 0 Å². The second-order valence-corrected chi connectivity index (χ2v) is 8.53. The van der Waals surface area contributed by atoms with E-state index in [4.69, 9.17) is 0 Å². The number of halogens is 1. The van der Waals surface area contributed by atoms with Crippen LogP contribution in [0.25, 0.3) is 0 Å². The number of nitrogens with one attached hydrogen (secondary N) is 1. The summed E-state index contributed by atoms with van der Waals surface area (Å²) in [5.74, 6) is 1.75. The van der Waals surface area contributed by atoms with E-state index in [1.54, 1.807) is 0 Å². The Morgan fingerprint density at radius 1 is 1.25 bits per heavy atom. The molecule has 2 amide bonds. The molecule has 2 aliphatic heterocycles. The summed E-state index contributed by atoms with van der Waals surface area (Å²) in [5, 5.41) is 3.17. The fraction of sp³-hybridized carbons (Fsp3) is 0.632. The number of hydrogen-bond donors (Lipinski definition) is 1. The molecule has 1 aromatic carbocycles. The predicted octanol–water partition coefficient (Wildman–Crippen LogP) is 3.96. The van der Waals surface area contributed by atoms with Crippen LogP contribution in [0, 0.1) is 17.8 Å². The van der Waals surface area contributed by atoms with E-state index in [2.05, 4.69) is 64.3 Å². The minimum absolute atomic E-state index is 0.120. The Labute approximate surface area is 153 Å². The first-order valence-electron chi connectivity index (χ1n) is 9.04. The number of carbonyl (C=O) groups excluding carboxylic acids is 1. The molecule has 0 radical (unpaired) electrons. The third kappa shape index (κ3) is 4.44. The van der Waals surface area contributed by atoms with E-state index in [9.17, 15) is 4.79 Å².